The van der Waals surface area contributed by atoms with Crippen molar-refractivity contribution in [2.45, 2.75) is 256 Å². The third-order valence-electron chi connectivity index (χ3n) is 11.6. The molecule has 0 aromatic carbocycles. The Hall–Kier alpha value is -0.0800. The van der Waals surface area contributed by atoms with Crippen LogP contribution in [-0.4, -0.2) is 19.1 Å². The van der Waals surface area contributed by atoms with Crippen molar-refractivity contribution in [3.8, 4) is 0 Å². The molecule has 1 heterocycles. The Morgan fingerprint density at radius 3 is 0.822 bits per heavy atom. The predicted molar refractivity (Wildman–Crippen MR) is 203 cm³/mol. The van der Waals surface area contributed by atoms with E-state index < -0.39 is 0 Å². The van der Waals surface area contributed by atoms with Gasteiger partial charge in [0.15, 0.2) is 0 Å². The van der Waals surface area contributed by atoms with Gasteiger partial charge in [-0.3, -0.25) is 0 Å². The Balaban J connectivity index is 1.49. The van der Waals surface area contributed by atoms with E-state index in [0.717, 1.165) is 6.54 Å². The lowest BCUT2D eigenvalue weighted by Gasteiger charge is -2.18. The number of rotatable bonds is 0. The van der Waals surface area contributed by atoms with E-state index in [1.807, 2.05) is 0 Å². The lowest BCUT2D eigenvalue weighted by atomic mass is 9.97. The van der Waals surface area contributed by atoms with Crippen molar-refractivity contribution in [3.63, 3.8) is 0 Å². The molecule has 0 aromatic rings. The lowest BCUT2D eigenvalue weighted by molar-refractivity contribution is 0.390. The molecule has 2 nitrogen and oxygen atoms in total. The third kappa shape index (κ3) is 27.6. The molecule has 1 saturated heterocycles. The minimum absolute atomic E-state index is 0.356. The Labute approximate surface area is 285 Å². The molecule has 1 aliphatic heterocycles. The van der Waals surface area contributed by atoms with E-state index in [1.165, 1.54) is 257 Å². The summed E-state index contributed by atoms with van der Waals surface area (Å²) in [4.78, 5) is 0. The van der Waals surface area contributed by atoms with E-state index in [1.54, 1.807) is 0 Å². The SMILES string of the molecule is NC1CCCCCCCCCCCCCCCCCCCCCCCCCCCCCCCCCCCCCC2(CC2)CNC1. The van der Waals surface area contributed by atoms with E-state index in [9.17, 15) is 0 Å². The molecule has 45 heavy (non-hydrogen) atoms. The molecule has 1 aliphatic carbocycles. The lowest BCUT2D eigenvalue weighted by Crippen LogP contribution is -2.36. The van der Waals surface area contributed by atoms with Crippen LogP contribution in [0, 0.1) is 5.41 Å². The number of hydrogen-bond donors (Lipinski definition) is 2. The summed E-state index contributed by atoms with van der Waals surface area (Å²) in [5.74, 6) is 0. The van der Waals surface area contributed by atoms with Crippen LogP contribution in [0.5, 0.6) is 0 Å². The summed E-state index contributed by atoms with van der Waals surface area (Å²) in [5, 5.41) is 3.78. The first-order chi connectivity index (χ1) is 22.3. The van der Waals surface area contributed by atoms with Crippen molar-refractivity contribution >= 4 is 0 Å². The second-order valence-electron chi connectivity index (χ2n) is 16.3. The summed E-state index contributed by atoms with van der Waals surface area (Å²) >= 11 is 0. The predicted octanol–water partition coefficient (Wildman–Crippen LogP) is 14.1. The Kier molecular flexibility index (Phi) is 28.5. The fourth-order valence-corrected chi connectivity index (χ4v) is 8.06. The molecule has 2 rings (SSSR count). The standard InChI is InChI=1S/C43H86N2/c44-42-36-34-32-30-28-26-24-22-20-18-16-14-12-10-8-6-4-2-1-3-5-7-9-11-13-15-17-19-21-23-25-27-29-31-33-35-37-43(38-39-43)41-45-40-42/h42,45H,1-41,44H2. The fourth-order valence-electron chi connectivity index (χ4n) is 8.06. The maximum absolute atomic E-state index is 6.47. The van der Waals surface area contributed by atoms with E-state index in [4.69, 9.17) is 5.73 Å². The topological polar surface area (TPSA) is 38.0 Å². The van der Waals surface area contributed by atoms with Gasteiger partial charge in [-0.1, -0.05) is 225 Å². The second kappa shape index (κ2) is 31.2. The van der Waals surface area contributed by atoms with Crippen molar-refractivity contribution in [1.82, 2.24) is 5.32 Å². The largest absolute Gasteiger partial charge is 0.327 e. The van der Waals surface area contributed by atoms with Gasteiger partial charge in [-0.2, -0.15) is 0 Å². The summed E-state index contributed by atoms with van der Waals surface area (Å²) in [6.07, 6.45) is 57.1. The number of nitrogens with two attached hydrogens (primary N) is 1. The molecule has 0 amide bonds. The zero-order valence-corrected chi connectivity index (χ0v) is 31.1. The van der Waals surface area contributed by atoms with Gasteiger partial charge in [0.05, 0.1) is 0 Å². The second-order valence-corrected chi connectivity index (χ2v) is 16.3. The molecular formula is C43H86N2. The summed E-state index contributed by atoms with van der Waals surface area (Å²) in [6, 6.07) is 0.356. The van der Waals surface area contributed by atoms with Crippen LogP contribution in [0.2, 0.25) is 0 Å². The first kappa shape index (κ1) is 41.1. The van der Waals surface area contributed by atoms with Gasteiger partial charge in [0.25, 0.3) is 0 Å². The summed E-state index contributed by atoms with van der Waals surface area (Å²) < 4.78 is 0. The highest BCUT2D eigenvalue weighted by molar-refractivity contribution is 4.94. The first-order valence-electron chi connectivity index (χ1n) is 21.8. The van der Waals surface area contributed by atoms with Crippen molar-refractivity contribution in [1.29, 1.82) is 0 Å². The Morgan fingerprint density at radius 2 is 0.556 bits per heavy atom. The molecule has 1 atom stereocenters. The highest BCUT2D eigenvalue weighted by Gasteiger charge is 2.41. The molecule has 1 unspecified atom stereocenters. The average molecular weight is 631 g/mol. The van der Waals surface area contributed by atoms with Crippen LogP contribution in [0.15, 0.2) is 0 Å². The summed E-state index contributed by atoms with van der Waals surface area (Å²) in [7, 11) is 0. The molecule has 0 bridgehead atoms. The Bertz CT molecular complexity index is 584. The van der Waals surface area contributed by atoms with E-state index in [2.05, 4.69) is 5.32 Å². The molecule has 1 spiro atoms. The number of nitrogens with one attached hydrogen (secondary N) is 1. The van der Waals surface area contributed by atoms with Gasteiger partial charge in [-0.05, 0) is 31.1 Å². The molecule has 2 aliphatic rings. The van der Waals surface area contributed by atoms with Crippen molar-refractivity contribution < 1.29 is 0 Å². The molecule has 3 N–H and O–H groups in total. The van der Waals surface area contributed by atoms with Crippen LogP contribution in [0.4, 0.5) is 0 Å². The molecule has 2 fully saturated rings. The van der Waals surface area contributed by atoms with Gasteiger partial charge < -0.3 is 11.1 Å². The van der Waals surface area contributed by atoms with Crippen LogP contribution < -0.4 is 11.1 Å². The maximum atomic E-state index is 6.47. The van der Waals surface area contributed by atoms with E-state index in [-0.39, 0.29) is 0 Å². The minimum Gasteiger partial charge on any atom is -0.327 e. The average Bonchev–Trinajstić information content (AvgIpc) is 3.81. The minimum atomic E-state index is 0.356. The monoisotopic (exact) mass is 631 g/mol. The van der Waals surface area contributed by atoms with Gasteiger partial charge in [0.2, 0.25) is 0 Å². The molecular weight excluding hydrogens is 544 g/mol. The highest BCUT2D eigenvalue weighted by Crippen LogP contribution is 2.49. The van der Waals surface area contributed by atoms with Crippen LogP contribution in [0.3, 0.4) is 0 Å². The van der Waals surface area contributed by atoms with E-state index >= 15 is 0 Å². The molecule has 0 radical (unpaired) electrons. The zero-order valence-electron chi connectivity index (χ0n) is 31.1. The number of hydrogen-bond acceptors (Lipinski definition) is 2. The van der Waals surface area contributed by atoms with Crippen molar-refractivity contribution in [2.24, 2.45) is 11.1 Å². The maximum Gasteiger partial charge on any atom is 0.0165 e. The van der Waals surface area contributed by atoms with Gasteiger partial charge >= 0.3 is 0 Å². The Morgan fingerprint density at radius 1 is 0.311 bits per heavy atom. The zero-order chi connectivity index (χ0) is 31.8. The van der Waals surface area contributed by atoms with Gasteiger partial charge in [0, 0.05) is 19.1 Å². The molecule has 0 aromatic heterocycles. The summed E-state index contributed by atoms with van der Waals surface area (Å²) in [6.45, 7) is 2.25. The molecule has 268 valence electrons. The first-order valence-corrected chi connectivity index (χ1v) is 21.8. The van der Waals surface area contributed by atoms with Crippen LogP contribution in [0.1, 0.15) is 250 Å². The third-order valence-corrected chi connectivity index (χ3v) is 11.6. The molecule has 2 heteroatoms. The van der Waals surface area contributed by atoms with Crippen LogP contribution >= 0.6 is 0 Å². The van der Waals surface area contributed by atoms with Gasteiger partial charge in [0.1, 0.15) is 0 Å². The van der Waals surface area contributed by atoms with E-state index in [0.29, 0.717) is 11.5 Å². The normalized spacial score (nSPS) is 27.0. The highest BCUT2D eigenvalue weighted by atomic mass is 14.9. The van der Waals surface area contributed by atoms with Gasteiger partial charge in [-0.15, -0.1) is 0 Å². The van der Waals surface area contributed by atoms with Crippen molar-refractivity contribution in [2.75, 3.05) is 13.1 Å². The van der Waals surface area contributed by atoms with Crippen LogP contribution in [-0.2, 0) is 0 Å². The fraction of sp³-hybridized carbons (Fsp3) is 1.00. The summed E-state index contributed by atoms with van der Waals surface area (Å²) in [5.41, 5.74) is 7.11. The van der Waals surface area contributed by atoms with Crippen LogP contribution in [0.25, 0.3) is 0 Å². The quantitative estimate of drug-likeness (QED) is 0.279. The van der Waals surface area contributed by atoms with Gasteiger partial charge in [-0.25, -0.2) is 0 Å². The molecule has 1 saturated carbocycles. The smallest absolute Gasteiger partial charge is 0.0165 e. The van der Waals surface area contributed by atoms with Crippen molar-refractivity contribution in [3.05, 3.63) is 0 Å².